The van der Waals surface area contributed by atoms with Gasteiger partial charge in [0.1, 0.15) is 5.82 Å². The minimum Gasteiger partial charge on any atom is -0.347 e. The van der Waals surface area contributed by atoms with Crippen LogP contribution in [0.3, 0.4) is 0 Å². The second-order valence-corrected chi connectivity index (χ2v) is 5.45. The number of benzene rings is 1. The van der Waals surface area contributed by atoms with Crippen molar-refractivity contribution in [1.82, 2.24) is 5.32 Å². The maximum atomic E-state index is 13.2. The summed E-state index contributed by atoms with van der Waals surface area (Å²) >= 11 is 1.52. The molecular formula is C16H15FN2OS. The third-order valence-electron chi connectivity index (χ3n) is 2.83. The van der Waals surface area contributed by atoms with Crippen LogP contribution in [0.5, 0.6) is 0 Å². The van der Waals surface area contributed by atoms with Crippen molar-refractivity contribution in [2.24, 2.45) is 5.73 Å². The highest BCUT2D eigenvalue weighted by Crippen LogP contribution is 2.14. The molecule has 108 valence electrons. The molecule has 0 spiro atoms. The van der Waals surface area contributed by atoms with Gasteiger partial charge in [-0.15, -0.1) is 11.3 Å². The van der Waals surface area contributed by atoms with E-state index in [0.29, 0.717) is 24.2 Å². The van der Waals surface area contributed by atoms with Gasteiger partial charge in [0.25, 0.3) is 5.91 Å². The van der Waals surface area contributed by atoms with E-state index in [1.807, 2.05) is 11.4 Å². The van der Waals surface area contributed by atoms with Crippen molar-refractivity contribution in [2.75, 3.05) is 6.54 Å². The quantitative estimate of drug-likeness (QED) is 0.856. The molecule has 0 saturated heterocycles. The fraction of sp³-hybridized carbons (Fsp3) is 0.188. The lowest BCUT2D eigenvalue weighted by molar-refractivity contribution is 0.0951. The molecule has 0 bridgehead atoms. The van der Waals surface area contributed by atoms with Crippen molar-refractivity contribution >= 4 is 17.2 Å². The Labute approximate surface area is 127 Å². The Kier molecular flexibility index (Phi) is 5.09. The average Bonchev–Trinajstić information content (AvgIpc) is 2.93. The van der Waals surface area contributed by atoms with E-state index < -0.39 is 0 Å². The highest BCUT2D eigenvalue weighted by atomic mass is 32.1. The van der Waals surface area contributed by atoms with Crippen LogP contribution in [-0.4, -0.2) is 12.5 Å². The predicted octanol–water partition coefficient (Wildman–Crippen LogP) is 2.44. The van der Waals surface area contributed by atoms with Crippen molar-refractivity contribution in [3.05, 3.63) is 57.0 Å². The van der Waals surface area contributed by atoms with Gasteiger partial charge in [-0.2, -0.15) is 0 Å². The fourth-order valence-corrected chi connectivity index (χ4v) is 2.50. The molecule has 2 rings (SSSR count). The van der Waals surface area contributed by atoms with Crippen molar-refractivity contribution in [2.45, 2.75) is 13.5 Å². The molecule has 0 atom stereocenters. The van der Waals surface area contributed by atoms with E-state index in [0.717, 1.165) is 10.4 Å². The van der Waals surface area contributed by atoms with Crippen molar-refractivity contribution in [1.29, 1.82) is 0 Å². The van der Waals surface area contributed by atoms with E-state index in [4.69, 9.17) is 5.73 Å². The van der Waals surface area contributed by atoms with Crippen LogP contribution in [0.4, 0.5) is 4.39 Å². The van der Waals surface area contributed by atoms with Gasteiger partial charge in [0, 0.05) is 21.4 Å². The molecule has 1 heterocycles. The van der Waals surface area contributed by atoms with Crippen LogP contribution < -0.4 is 11.1 Å². The molecule has 1 amide bonds. The Hall–Kier alpha value is -2.16. The Morgan fingerprint density at radius 3 is 2.95 bits per heavy atom. The lowest BCUT2D eigenvalue weighted by atomic mass is 10.1. The van der Waals surface area contributed by atoms with Gasteiger partial charge in [0.05, 0.1) is 13.1 Å². The molecular weight excluding hydrogens is 287 g/mol. The summed E-state index contributed by atoms with van der Waals surface area (Å²) in [7, 11) is 0. The van der Waals surface area contributed by atoms with Crippen molar-refractivity contribution in [3.8, 4) is 11.8 Å². The number of halogens is 1. The monoisotopic (exact) mass is 302 g/mol. The molecule has 1 aromatic heterocycles. The Bertz CT molecular complexity index is 713. The van der Waals surface area contributed by atoms with Crippen LogP contribution in [0.25, 0.3) is 0 Å². The zero-order valence-corrected chi connectivity index (χ0v) is 12.4. The van der Waals surface area contributed by atoms with Crippen molar-refractivity contribution in [3.63, 3.8) is 0 Å². The maximum absolute atomic E-state index is 13.2. The Morgan fingerprint density at radius 2 is 2.24 bits per heavy atom. The third-order valence-corrected chi connectivity index (χ3v) is 3.77. The summed E-state index contributed by atoms with van der Waals surface area (Å²) in [5, 5.41) is 4.73. The number of hydrogen-bond donors (Lipinski definition) is 2. The molecule has 0 aliphatic heterocycles. The first-order valence-corrected chi connectivity index (χ1v) is 7.29. The number of thiophene rings is 1. The van der Waals surface area contributed by atoms with Gasteiger partial charge in [-0.1, -0.05) is 11.8 Å². The SMILES string of the molecule is Cc1cc(C(=O)NCc2cc(C#CCN)cs2)ccc1F. The Morgan fingerprint density at radius 1 is 1.43 bits per heavy atom. The van der Waals surface area contributed by atoms with E-state index in [2.05, 4.69) is 17.2 Å². The smallest absolute Gasteiger partial charge is 0.251 e. The summed E-state index contributed by atoms with van der Waals surface area (Å²) in [6, 6.07) is 6.24. The highest BCUT2D eigenvalue weighted by molar-refractivity contribution is 7.10. The van der Waals surface area contributed by atoms with Gasteiger partial charge in [-0.3, -0.25) is 4.79 Å². The first kappa shape index (κ1) is 15.2. The second-order valence-electron chi connectivity index (χ2n) is 4.45. The summed E-state index contributed by atoms with van der Waals surface area (Å²) in [5.41, 5.74) is 7.12. The molecule has 21 heavy (non-hydrogen) atoms. The van der Waals surface area contributed by atoms with Crippen LogP contribution in [0.15, 0.2) is 29.6 Å². The summed E-state index contributed by atoms with van der Waals surface area (Å²) in [6.07, 6.45) is 0. The molecule has 0 saturated carbocycles. The molecule has 1 aromatic carbocycles. The van der Waals surface area contributed by atoms with Crippen molar-refractivity contribution < 1.29 is 9.18 Å². The fourth-order valence-electron chi connectivity index (χ4n) is 1.75. The van der Waals surface area contributed by atoms with Crippen LogP contribution in [-0.2, 0) is 6.54 Å². The summed E-state index contributed by atoms with van der Waals surface area (Å²) in [5.74, 6) is 5.19. The summed E-state index contributed by atoms with van der Waals surface area (Å²) in [6.45, 7) is 2.38. The van der Waals surface area contributed by atoms with Crippen LogP contribution in [0, 0.1) is 24.6 Å². The van der Waals surface area contributed by atoms with Crippen LogP contribution in [0.1, 0.15) is 26.4 Å². The van der Waals surface area contributed by atoms with E-state index in [1.165, 1.54) is 29.5 Å². The number of aryl methyl sites for hydroxylation is 1. The first-order chi connectivity index (χ1) is 10.1. The minimum absolute atomic E-state index is 0.221. The first-order valence-electron chi connectivity index (χ1n) is 6.41. The topological polar surface area (TPSA) is 55.1 Å². The van der Waals surface area contributed by atoms with E-state index in [1.54, 1.807) is 6.92 Å². The molecule has 0 aliphatic carbocycles. The second kappa shape index (κ2) is 7.02. The van der Waals surface area contributed by atoms with Gasteiger partial charge < -0.3 is 11.1 Å². The van der Waals surface area contributed by atoms with Crippen LogP contribution in [0.2, 0.25) is 0 Å². The number of amides is 1. The number of rotatable bonds is 3. The summed E-state index contributed by atoms with van der Waals surface area (Å²) in [4.78, 5) is 13.0. The molecule has 0 unspecified atom stereocenters. The van der Waals surface area contributed by atoms with Gasteiger partial charge in [-0.25, -0.2) is 4.39 Å². The molecule has 0 fully saturated rings. The number of nitrogens with two attached hydrogens (primary N) is 1. The standard InChI is InChI=1S/C16H15FN2OS/c1-11-7-13(4-5-15(11)17)16(20)19-9-14-8-12(10-21-14)3-2-6-18/h4-5,7-8,10H,6,9,18H2,1H3,(H,19,20). The molecule has 3 nitrogen and oxygen atoms in total. The van der Waals surface area contributed by atoms with Gasteiger partial charge >= 0.3 is 0 Å². The van der Waals surface area contributed by atoms with E-state index >= 15 is 0 Å². The molecule has 3 N–H and O–H groups in total. The zero-order chi connectivity index (χ0) is 15.2. The van der Waals surface area contributed by atoms with E-state index in [9.17, 15) is 9.18 Å². The Balaban J connectivity index is 1.97. The lowest BCUT2D eigenvalue weighted by Crippen LogP contribution is -2.22. The lowest BCUT2D eigenvalue weighted by Gasteiger charge is -2.05. The maximum Gasteiger partial charge on any atom is 0.251 e. The minimum atomic E-state index is -0.312. The number of carbonyl (C=O) groups is 1. The van der Waals surface area contributed by atoms with Gasteiger partial charge in [0.2, 0.25) is 0 Å². The molecule has 0 radical (unpaired) electrons. The highest BCUT2D eigenvalue weighted by Gasteiger charge is 2.08. The van der Waals surface area contributed by atoms with E-state index in [-0.39, 0.29) is 11.7 Å². The summed E-state index contributed by atoms with van der Waals surface area (Å²) < 4.78 is 13.2. The average molecular weight is 302 g/mol. The molecule has 5 heteroatoms. The predicted molar refractivity (Wildman–Crippen MR) is 82.6 cm³/mol. The van der Waals surface area contributed by atoms with Crippen LogP contribution >= 0.6 is 11.3 Å². The van der Waals surface area contributed by atoms with Gasteiger partial charge in [-0.05, 0) is 36.8 Å². The molecule has 0 aliphatic rings. The normalized spacial score (nSPS) is 9.86. The molecule has 2 aromatic rings. The number of carbonyl (C=O) groups excluding carboxylic acids is 1. The number of hydrogen-bond acceptors (Lipinski definition) is 3. The largest absolute Gasteiger partial charge is 0.347 e. The zero-order valence-electron chi connectivity index (χ0n) is 11.6. The van der Waals surface area contributed by atoms with Gasteiger partial charge in [0.15, 0.2) is 0 Å². The third kappa shape index (κ3) is 4.15. The number of nitrogens with one attached hydrogen (secondary N) is 1.